The van der Waals surface area contributed by atoms with E-state index < -0.39 is 23.3 Å². The summed E-state index contributed by atoms with van der Waals surface area (Å²) in [6, 6.07) is 15.6. The molecule has 0 saturated carbocycles. The molecule has 3 aliphatic heterocycles. The average molecular weight is 449 g/mol. The topological polar surface area (TPSA) is 76.2 Å². The van der Waals surface area contributed by atoms with Gasteiger partial charge in [-0.05, 0) is 54.6 Å². The maximum Gasteiger partial charge on any atom is 0.327 e. The molecule has 0 aliphatic carbocycles. The third-order valence-corrected chi connectivity index (χ3v) is 7.70. The molecular formula is C26H28N2O5. The van der Waals surface area contributed by atoms with Crippen molar-refractivity contribution in [1.82, 2.24) is 9.80 Å². The molecule has 3 saturated heterocycles. The van der Waals surface area contributed by atoms with E-state index in [1.807, 2.05) is 48.5 Å². The van der Waals surface area contributed by atoms with Crippen LogP contribution in [0, 0.1) is 11.8 Å². The number of rotatable bonds is 4. The Morgan fingerprint density at radius 1 is 0.939 bits per heavy atom. The van der Waals surface area contributed by atoms with Crippen molar-refractivity contribution in [3.63, 3.8) is 0 Å². The predicted molar refractivity (Wildman–Crippen MR) is 121 cm³/mol. The second-order valence-electron chi connectivity index (χ2n) is 9.10. The molecule has 2 aromatic rings. The van der Waals surface area contributed by atoms with Crippen LogP contribution < -0.4 is 4.74 Å². The third-order valence-electron chi connectivity index (χ3n) is 7.70. The quantitative estimate of drug-likeness (QED) is 0.529. The van der Waals surface area contributed by atoms with Crippen LogP contribution in [0.2, 0.25) is 0 Å². The summed E-state index contributed by atoms with van der Waals surface area (Å²) in [6.07, 6.45) is 2.26. The molecule has 3 fully saturated rings. The summed E-state index contributed by atoms with van der Waals surface area (Å²) in [5, 5.41) is 0. The first-order chi connectivity index (χ1) is 15.9. The first-order valence-corrected chi connectivity index (χ1v) is 11.3. The molecule has 2 aromatic carbocycles. The smallest absolute Gasteiger partial charge is 0.327 e. The first kappa shape index (κ1) is 21.6. The van der Waals surface area contributed by atoms with Gasteiger partial charge in [-0.1, -0.05) is 36.4 Å². The van der Waals surface area contributed by atoms with E-state index in [0.29, 0.717) is 13.0 Å². The molecule has 0 bridgehead atoms. The number of esters is 1. The number of ether oxygens (including phenoxy) is 2. The highest BCUT2D eigenvalue weighted by Gasteiger charge is 2.72. The Hall–Kier alpha value is -3.19. The number of hydrogen-bond acceptors (Lipinski definition) is 6. The molecule has 0 spiro atoms. The summed E-state index contributed by atoms with van der Waals surface area (Å²) in [5.41, 5.74) is 1.95. The van der Waals surface area contributed by atoms with E-state index in [2.05, 4.69) is 4.90 Å². The molecule has 0 unspecified atom stereocenters. The van der Waals surface area contributed by atoms with Gasteiger partial charge in [0.1, 0.15) is 11.3 Å². The zero-order valence-corrected chi connectivity index (χ0v) is 19.1. The number of imide groups is 1. The molecule has 3 aliphatic rings. The first-order valence-electron chi connectivity index (χ1n) is 11.3. The monoisotopic (exact) mass is 448 g/mol. The minimum atomic E-state index is -1.09. The van der Waals surface area contributed by atoms with Crippen LogP contribution in [0.15, 0.2) is 48.5 Å². The number of fused-ring (bicyclic) bond motifs is 3. The number of hydrogen-bond donors (Lipinski definition) is 0. The van der Waals surface area contributed by atoms with E-state index in [0.717, 1.165) is 35.3 Å². The molecule has 4 atom stereocenters. The second-order valence-corrected chi connectivity index (χ2v) is 9.10. The number of carbonyl (C=O) groups is 3. The van der Waals surface area contributed by atoms with Crippen molar-refractivity contribution in [1.29, 1.82) is 0 Å². The van der Waals surface area contributed by atoms with Gasteiger partial charge < -0.3 is 9.47 Å². The van der Waals surface area contributed by atoms with Crippen molar-refractivity contribution in [2.75, 3.05) is 27.8 Å². The molecule has 7 nitrogen and oxygen atoms in total. The van der Waals surface area contributed by atoms with Gasteiger partial charge in [0.25, 0.3) is 0 Å². The number of likely N-dealkylation sites (tertiary alicyclic amines) is 1. The molecule has 33 heavy (non-hydrogen) atoms. The van der Waals surface area contributed by atoms with Crippen LogP contribution in [0.25, 0.3) is 11.1 Å². The van der Waals surface area contributed by atoms with Crippen LogP contribution in [0.4, 0.5) is 0 Å². The van der Waals surface area contributed by atoms with Crippen molar-refractivity contribution in [2.24, 2.45) is 11.8 Å². The van der Waals surface area contributed by atoms with Crippen molar-refractivity contribution in [3.05, 3.63) is 54.1 Å². The largest absolute Gasteiger partial charge is 0.497 e. The number of piperidine rings is 1. The number of amides is 2. The van der Waals surface area contributed by atoms with Gasteiger partial charge in [0.2, 0.25) is 11.8 Å². The van der Waals surface area contributed by atoms with Crippen molar-refractivity contribution in [3.8, 4) is 16.9 Å². The summed E-state index contributed by atoms with van der Waals surface area (Å²) in [4.78, 5) is 42.9. The third kappa shape index (κ3) is 3.02. The van der Waals surface area contributed by atoms with Crippen LogP contribution in [-0.4, -0.2) is 60.9 Å². The van der Waals surface area contributed by atoms with E-state index in [4.69, 9.17) is 9.47 Å². The second kappa shape index (κ2) is 7.99. The molecular weight excluding hydrogens is 420 g/mol. The van der Waals surface area contributed by atoms with Gasteiger partial charge in [0, 0.05) is 13.1 Å². The Labute approximate surface area is 193 Å². The Morgan fingerprint density at radius 2 is 1.58 bits per heavy atom. The summed E-state index contributed by atoms with van der Waals surface area (Å²) in [7, 11) is 4.52. The SMILES string of the molecule is COC(=O)[C@@]12CCCCN1[C@H](c1ccc(-c3ccc(OC)cc3)cc1)[C@H]1C(=O)N(C)C(=O)[C@H]12. The van der Waals surface area contributed by atoms with Gasteiger partial charge in [0.05, 0.1) is 26.1 Å². The van der Waals surface area contributed by atoms with Gasteiger partial charge in [-0.3, -0.25) is 24.2 Å². The molecule has 0 N–H and O–H groups in total. The zero-order valence-electron chi connectivity index (χ0n) is 19.1. The maximum atomic E-state index is 13.2. The Balaban J connectivity index is 1.57. The van der Waals surface area contributed by atoms with Crippen molar-refractivity contribution >= 4 is 17.8 Å². The van der Waals surface area contributed by atoms with E-state index in [9.17, 15) is 14.4 Å². The van der Waals surface area contributed by atoms with Crippen LogP contribution in [-0.2, 0) is 19.1 Å². The summed E-state index contributed by atoms with van der Waals surface area (Å²) in [5.74, 6) is -1.41. The molecule has 5 rings (SSSR count). The van der Waals surface area contributed by atoms with Crippen LogP contribution in [0.3, 0.4) is 0 Å². The summed E-state index contributed by atoms with van der Waals surface area (Å²) >= 11 is 0. The number of nitrogens with zero attached hydrogens (tertiary/aromatic N) is 2. The van der Waals surface area contributed by atoms with Gasteiger partial charge in [-0.25, -0.2) is 0 Å². The molecule has 7 heteroatoms. The fourth-order valence-corrected chi connectivity index (χ4v) is 6.16. The summed E-state index contributed by atoms with van der Waals surface area (Å²) < 4.78 is 10.5. The molecule has 0 aromatic heterocycles. The highest BCUT2D eigenvalue weighted by Crippen LogP contribution is 2.58. The predicted octanol–water partition coefficient (Wildman–Crippen LogP) is 3.05. The lowest BCUT2D eigenvalue weighted by atomic mass is 9.75. The van der Waals surface area contributed by atoms with E-state index in [1.165, 1.54) is 19.1 Å². The fraction of sp³-hybridized carbons (Fsp3) is 0.423. The zero-order chi connectivity index (χ0) is 23.3. The molecule has 3 heterocycles. The molecule has 0 radical (unpaired) electrons. The Kier molecular flexibility index (Phi) is 5.24. The number of benzene rings is 2. The Bertz CT molecular complexity index is 1100. The highest BCUT2D eigenvalue weighted by molar-refractivity contribution is 6.09. The standard InChI is InChI=1S/C26H28N2O5/c1-27-23(29)20-21(24(27)30)26(25(31)33-3)14-4-5-15-28(26)22(20)18-8-6-16(7-9-18)17-10-12-19(32-2)13-11-17/h6-13,20-22H,4-5,14-15H2,1-3H3/t20-,21-,22+,26-/m0/s1. The van der Waals surface area contributed by atoms with Crippen LogP contribution >= 0.6 is 0 Å². The lowest BCUT2D eigenvalue weighted by molar-refractivity contribution is -0.163. The van der Waals surface area contributed by atoms with Gasteiger partial charge in [0.15, 0.2) is 0 Å². The minimum Gasteiger partial charge on any atom is -0.497 e. The normalized spacial score (nSPS) is 29.1. The van der Waals surface area contributed by atoms with Gasteiger partial charge in [-0.15, -0.1) is 0 Å². The Morgan fingerprint density at radius 3 is 2.18 bits per heavy atom. The van der Waals surface area contributed by atoms with Crippen LogP contribution in [0.1, 0.15) is 30.9 Å². The van der Waals surface area contributed by atoms with Crippen molar-refractivity contribution in [2.45, 2.75) is 30.8 Å². The lowest BCUT2D eigenvalue weighted by Gasteiger charge is -2.44. The fourth-order valence-electron chi connectivity index (χ4n) is 6.16. The van der Waals surface area contributed by atoms with E-state index in [1.54, 1.807) is 7.11 Å². The number of carbonyl (C=O) groups excluding carboxylic acids is 3. The molecule has 172 valence electrons. The van der Waals surface area contributed by atoms with Gasteiger partial charge >= 0.3 is 5.97 Å². The average Bonchev–Trinajstić information content (AvgIpc) is 3.30. The van der Waals surface area contributed by atoms with E-state index in [-0.39, 0.29) is 17.9 Å². The lowest BCUT2D eigenvalue weighted by Crippen LogP contribution is -2.59. The van der Waals surface area contributed by atoms with Crippen LogP contribution in [0.5, 0.6) is 5.75 Å². The maximum absolute atomic E-state index is 13.2. The highest BCUT2D eigenvalue weighted by atomic mass is 16.5. The van der Waals surface area contributed by atoms with Crippen molar-refractivity contribution < 1.29 is 23.9 Å². The number of methoxy groups -OCH3 is 2. The van der Waals surface area contributed by atoms with E-state index >= 15 is 0 Å². The molecule has 2 amide bonds. The minimum absolute atomic E-state index is 0.216. The van der Waals surface area contributed by atoms with Gasteiger partial charge in [-0.2, -0.15) is 0 Å². The summed E-state index contributed by atoms with van der Waals surface area (Å²) in [6.45, 7) is 0.650.